The van der Waals surface area contributed by atoms with Crippen molar-refractivity contribution in [3.05, 3.63) is 65.1 Å². The molecule has 1 N–H and O–H groups in total. The average Bonchev–Trinajstić information content (AvgIpc) is 3.28. The minimum atomic E-state index is -0.111. The van der Waals surface area contributed by atoms with Gasteiger partial charge in [0.15, 0.2) is 5.58 Å². The molecular formula is C19H16N4O2S. The van der Waals surface area contributed by atoms with Gasteiger partial charge in [-0.25, -0.2) is 4.98 Å². The molecular weight excluding hydrogens is 348 g/mol. The van der Waals surface area contributed by atoms with Gasteiger partial charge in [-0.05, 0) is 31.2 Å². The number of carbonyl (C=O) groups is 1. The second-order valence-corrected chi connectivity index (χ2v) is 6.82. The molecule has 4 rings (SSSR count). The first-order chi connectivity index (χ1) is 12.7. The number of amides is 1. The molecule has 0 fully saturated rings. The van der Waals surface area contributed by atoms with E-state index in [-0.39, 0.29) is 12.3 Å². The molecule has 6 nitrogen and oxygen atoms in total. The molecule has 0 spiro atoms. The van der Waals surface area contributed by atoms with Crippen molar-refractivity contribution in [2.45, 2.75) is 19.9 Å². The third kappa shape index (κ3) is 3.48. The van der Waals surface area contributed by atoms with Crippen molar-refractivity contribution in [1.82, 2.24) is 20.4 Å². The van der Waals surface area contributed by atoms with Gasteiger partial charge < -0.3 is 9.84 Å². The topological polar surface area (TPSA) is 80.9 Å². The van der Waals surface area contributed by atoms with Crippen molar-refractivity contribution in [2.24, 2.45) is 0 Å². The molecule has 0 atom stereocenters. The van der Waals surface area contributed by atoms with Gasteiger partial charge in [-0.15, -0.1) is 11.3 Å². The Morgan fingerprint density at radius 2 is 2.08 bits per heavy atom. The third-order valence-electron chi connectivity index (χ3n) is 3.97. The summed E-state index contributed by atoms with van der Waals surface area (Å²) in [7, 11) is 0. The van der Waals surface area contributed by atoms with Gasteiger partial charge in [-0.2, -0.15) is 0 Å². The van der Waals surface area contributed by atoms with Crippen LogP contribution in [0.1, 0.15) is 17.0 Å². The maximum absolute atomic E-state index is 12.3. The second-order valence-electron chi connectivity index (χ2n) is 5.96. The molecule has 3 aromatic heterocycles. The molecule has 0 aliphatic heterocycles. The van der Waals surface area contributed by atoms with Crippen LogP contribution in [0.5, 0.6) is 0 Å². The summed E-state index contributed by atoms with van der Waals surface area (Å²) in [4.78, 5) is 20.8. The summed E-state index contributed by atoms with van der Waals surface area (Å²) in [6.45, 7) is 2.38. The molecule has 130 valence electrons. The lowest BCUT2D eigenvalue weighted by atomic mass is 10.1. The smallest absolute Gasteiger partial charge is 0.226 e. The number of hydrogen-bond donors (Lipinski definition) is 1. The van der Waals surface area contributed by atoms with E-state index < -0.39 is 0 Å². The zero-order valence-corrected chi connectivity index (χ0v) is 14.9. The number of aryl methyl sites for hydroxylation is 1. The predicted molar refractivity (Wildman–Crippen MR) is 99.6 cm³/mol. The highest BCUT2D eigenvalue weighted by Crippen LogP contribution is 2.23. The van der Waals surface area contributed by atoms with Gasteiger partial charge in [0.2, 0.25) is 5.91 Å². The number of fused-ring (bicyclic) bond motifs is 1. The number of nitrogens with one attached hydrogen (secondary N) is 1. The number of hydrogen-bond acceptors (Lipinski definition) is 6. The van der Waals surface area contributed by atoms with E-state index in [2.05, 4.69) is 20.4 Å². The fraction of sp³-hybridized carbons (Fsp3) is 0.158. The molecule has 4 aromatic rings. The second kappa shape index (κ2) is 7.05. The van der Waals surface area contributed by atoms with Crippen LogP contribution in [0.4, 0.5) is 0 Å². The molecule has 1 amide bonds. The number of thiazole rings is 1. The molecule has 3 heterocycles. The highest BCUT2D eigenvalue weighted by atomic mass is 32.1. The molecule has 0 unspecified atom stereocenters. The summed E-state index contributed by atoms with van der Waals surface area (Å²) in [6, 6.07) is 9.64. The number of pyridine rings is 1. The predicted octanol–water partition coefficient (Wildman–Crippen LogP) is 3.51. The zero-order chi connectivity index (χ0) is 17.9. The maximum atomic E-state index is 12.3. The Hall–Kier alpha value is -3.06. The van der Waals surface area contributed by atoms with E-state index in [1.165, 1.54) is 0 Å². The van der Waals surface area contributed by atoms with E-state index in [1.807, 2.05) is 42.6 Å². The Bertz CT molecular complexity index is 1060. The van der Waals surface area contributed by atoms with Crippen LogP contribution < -0.4 is 5.32 Å². The fourth-order valence-corrected chi connectivity index (χ4v) is 3.47. The van der Waals surface area contributed by atoms with Crippen LogP contribution in [0.2, 0.25) is 0 Å². The van der Waals surface area contributed by atoms with E-state index in [0.717, 1.165) is 27.2 Å². The SMILES string of the molecule is Cc1ccc2onc(CC(=O)NCc3csc(-c4ccncc4)n3)c2c1. The normalized spacial score (nSPS) is 11.0. The Morgan fingerprint density at radius 1 is 1.23 bits per heavy atom. The summed E-state index contributed by atoms with van der Waals surface area (Å²) in [5, 5.41) is 10.7. The van der Waals surface area contributed by atoms with E-state index in [4.69, 9.17) is 4.52 Å². The largest absolute Gasteiger partial charge is 0.356 e. The Balaban J connectivity index is 1.40. The summed E-state index contributed by atoms with van der Waals surface area (Å²) in [5.41, 5.74) is 4.30. The van der Waals surface area contributed by atoms with Crippen LogP contribution in [-0.2, 0) is 17.8 Å². The van der Waals surface area contributed by atoms with Crippen molar-refractivity contribution in [3.63, 3.8) is 0 Å². The van der Waals surface area contributed by atoms with Gasteiger partial charge in [0.1, 0.15) is 10.7 Å². The van der Waals surface area contributed by atoms with Gasteiger partial charge in [0, 0.05) is 28.7 Å². The number of aromatic nitrogens is 3. The van der Waals surface area contributed by atoms with Crippen LogP contribution in [-0.4, -0.2) is 21.0 Å². The summed E-state index contributed by atoms with van der Waals surface area (Å²) in [5.74, 6) is -0.111. The molecule has 0 bridgehead atoms. The monoisotopic (exact) mass is 364 g/mol. The molecule has 0 saturated heterocycles. The molecule has 0 radical (unpaired) electrons. The fourth-order valence-electron chi connectivity index (χ4n) is 2.65. The summed E-state index contributed by atoms with van der Waals surface area (Å²) < 4.78 is 5.27. The van der Waals surface area contributed by atoms with Gasteiger partial charge in [0.05, 0.1) is 18.7 Å². The summed E-state index contributed by atoms with van der Waals surface area (Å²) in [6.07, 6.45) is 3.65. The molecule has 0 aliphatic rings. The Kier molecular flexibility index (Phi) is 4.45. The standard InChI is InChI=1S/C19H16N4O2S/c1-12-2-3-17-15(8-12)16(23-25-17)9-18(24)21-10-14-11-26-19(22-14)13-4-6-20-7-5-13/h2-8,11H,9-10H2,1H3,(H,21,24). The zero-order valence-electron chi connectivity index (χ0n) is 14.1. The van der Waals surface area contributed by atoms with Crippen LogP contribution in [0.3, 0.4) is 0 Å². The first kappa shape index (κ1) is 16.4. The highest BCUT2D eigenvalue weighted by Gasteiger charge is 2.13. The van der Waals surface area contributed by atoms with Gasteiger partial charge in [0.25, 0.3) is 0 Å². The van der Waals surface area contributed by atoms with Crippen molar-refractivity contribution < 1.29 is 9.32 Å². The first-order valence-electron chi connectivity index (χ1n) is 8.15. The van der Waals surface area contributed by atoms with E-state index >= 15 is 0 Å². The van der Waals surface area contributed by atoms with Crippen LogP contribution in [0, 0.1) is 6.92 Å². The van der Waals surface area contributed by atoms with Crippen molar-refractivity contribution in [1.29, 1.82) is 0 Å². The van der Waals surface area contributed by atoms with Crippen LogP contribution >= 0.6 is 11.3 Å². The maximum Gasteiger partial charge on any atom is 0.226 e. The van der Waals surface area contributed by atoms with Gasteiger partial charge >= 0.3 is 0 Å². The Morgan fingerprint density at radius 3 is 2.92 bits per heavy atom. The highest BCUT2D eigenvalue weighted by molar-refractivity contribution is 7.13. The number of rotatable bonds is 5. The molecule has 0 aliphatic carbocycles. The first-order valence-corrected chi connectivity index (χ1v) is 9.03. The Labute approximate surface area is 153 Å². The molecule has 26 heavy (non-hydrogen) atoms. The average molecular weight is 364 g/mol. The quantitative estimate of drug-likeness (QED) is 0.586. The lowest BCUT2D eigenvalue weighted by Crippen LogP contribution is -2.24. The van der Waals surface area contributed by atoms with Gasteiger partial charge in [-0.3, -0.25) is 9.78 Å². The number of carbonyl (C=O) groups excluding carboxylic acids is 1. The van der Waals surface area contributed by atoms with Gasteiger partial charge in [-0.1, -0.05) is 16.8 Å². The number of benzene rings is 1. The van der Waals surface area contributed by atoms with E-state index in [1.54, 1.807) is 23.7 Å². The van der Waals surface area contributed by atoms with E-state index in [0.29, 0.717) is 17.8 Å². The van der Waals surface area contributed by atoms with Crippen LogP contribution in [0.15, 0.2) is 52.6 Å². The van der Waals surface area contributed by atoms with Crippen molar-refractivity contribution in [2.75, 3.05) is 0 Å². The molecule has 7 heteroatoms. The number of nitrogens with zero attached hydrogens (tertiary/aromatic N) is 3. The molecule has 1 aromatic carbocycles. The lowest BCUT2D eigenvalue weighted by Gasteiger charge is -2.02. The van der Waals surface area contributed by atoms with E-state index in [9.17, 15) is 4.79 Å². The lowest BCUT2D eigenvalue weighted by molar-refractivity contribution is -0.120. The minimum Gasteiger partial charge on any atom is -0.356 e. The van der Waals surface area contributed by atoms with Crippen LogP contribution in [0.25, 0.3) is 21.5 Å². The summed E-state index contributed by atoms with van der Waals surface area (Å²) >= 11 is 1.55. The molecule has 0 saturated carbocycles. The minimum absolute atomic E-state index is 0.111. The van der Waals surface area contributed by atoms with Crippen molar-refractivity contribution >= 4 is 28.2 Å². The van der Waals surface area contributed by atoms with Crippen molar-refractivity contribution in [3.8, 4) is 10.6 Å². The third-order valence-corrected chi connectivity index (χ3v) is 4.91.